The van der Waals surface area contributed by atoms with Crippen molar-refractivity contribution >= 4 is 12.0 Å². The standard InChI is InChI=1S/C11H22N2O3/c1-6-7(2)8(9(12)14)13-10(15)16-11(3,4)5/h7-8H,6H2,1-5H3,(H2,12,14)(H,13,15)/t7-,8-/m1/s1. The fourth-order valence-corrected chi connectivity index (χ4v) is 1.16. The van der Waals surface area contributed by atoms with Gasteiger partial charge in [-0.05, 0) is 26.7 Å². The zero-order valence-electron chi connectivity index (χ0n) is 10.7. The Morgan fingerprint density at radius 3 is 2.19 bits per heavy atom. The first kappa shape index (κ1) is 14.7. The largest absolute Gasteiger partial charge is 0.444 e. The lowest BCUT2D eigenvalue weighted by Gasteiger charge is -2.24. The van der Waals surface area contributed by atoms with Crippen molar-refractivity contribution in [2.75, 3.05) is 0 Å². The highest BCUT2D eigenvalue weighted by Gasteiger charge is 2.26. The van der Waals surface area contributed by atoms with Crippen LogP contribution in [0, 0.1) is 5.92 Å². The van der Waals surface area contributed by atoms with E-state index >= 15 is 0 Å². The lowest BCUT2D eigenvalue weighted by atomic mass is 9.99. The van der Waals surface area contributed by atoms with E-state index in [9.17, 15) is 9.59 Å². The lowest BCUT2D eigenvalue weighted by molar-refractivity contribution is -0.121. The van der Waals surface area contributed by atoms with E-state index in [1.807, 2.05) is 13.8 Å². The van der Waals surface area contributed by atoms with E-state index in [2.05, 4.69) is 5.32 Å². The SMILES string of the molecule is CC[C@@H](C)[C@@H](NC(=O)OC(C)(C)C)C(N)=O. The number of hydrogen-bond donors (Lipinski definition) is 2. The zero-order valence-corrected chi connectivity index (χ0v) is 10.7. The summed E-state index contributed by atoms with van der Waals surface area (Å²) >= 11 is 0. The van der Waals surface area contributed by atoms with Gasteiger partial charge in [0.15, 0.2) is 0 Å². The Morgan fingerprint density at radius 1 is 1.38 bits per heavy atom. The van der Waals surface area contributed by atoms with Crippen molar-refractivity contribution in [3.05, 3.63) is 0 Å². The quantitative estimate of drug-likeness (QED) is 0.766. The number of nitrogens with one attached hydrogen (secondary N) is 1. The van der Waals surface area contributed by atoms with Crippen LogP contribution in [0.1, 0.15) is 41.0 Å². The van der Waals surface area contributed by atoms with Crippen molar-refractivity contribution in [2.45, 2.75) is 52.7 Å². The number of primary amides is 1. The van der Waals surface area contributed by atoms with Crippen LogP contribution in [-0.4, -0.2) is 23.6 Å². The number of nitrogens with two attached hydrogens (primary N) is 1. The van der Waals surface area contributed by atoms with E-state index < -0.39 is 23.6 Å². The summed E-state index contributed by atoms with van der Waals surface area (Å²) in [5.74, 6) is -0.551. The Hall–Kier alpha value is -1.26. The molecular formula is C11H22N2O3. The Morgan fingerprint density at radius 2 is 1.88 bits per heavy atom. The molecule has 0 fully saturated rings. The van der Waals surface area contributed by atoms with Crippen LogP contribution in [-0.2, 0) is 9.53 Å². The summed E-state index contributed by atoms with van der Waals surface area (Å²) in [6, 6.07) is -0.681. The molecule has 5 heteroatoms. The first-order valence-electron chi connectivity index (χ1n) is 5.46. The highest BCUT2D eigenvalue weighted by molar-refractivity contribution is 5.84. The maximum Gasteiger partial charge on any atom is 0.408 e. The van der Waals surface area contributed by atoms with Crippen molar-refractivity contribution in [3.8, 4) is 0 Å². The number of hydrogen-bond acceptors (Lipinski definition) is 3. The van der Waals surface area contributed by atoms with E-state index in [1.54, 1.807) is 20.8 Å². The van der Waals surface area contributed by atoms with Crippen LogP contribution < -0.4 is 11.1 Å². The van der Waals surface area contributed by atoms with Gasteiger partial charge in [-0.15, -0.1) is 0 Å². The van der Waals surface area contributed by atoms with Crippen LogP contribution in [0.3, 0.4) is 0 Å². The van der Waals surface area contributed by atoms with E-state index in [4.69, 9.17) is 10.5 Å². The van der Waals surface area contributed by atoms with Gasteiger partial charge in [0.05, 0.1) is 0 Å². The van der Waals surface area contributed by atoms with E-state index in [0.29, 0.717) is 0 Å². The predicted octanol–water partition coefficient (Wildman–Crippen LogP) is 1.41. The van der Waals surface area contributed by atoms with Gasteiger partial charge >= 0.3 is 6.09 Å². The van der Waals surface area contributed by atoms with Crippen LogP contribution in [0.15, 0.2) is 0 Å². The third kappa shape index (κ3) is 5.58. The van der Waals surface area contributed by atoms with Gasteiger partial charge in [-0.1, -0.05) is 20.3 Å². The van der Waals surface area contributed by atoms with Crippen LogP contribution >= 0.6 is 0 Å². The molecule has 0 aliphatic carbocycles. The summed E-state index contributed by atoms with van der Waals surface area (Å²) in [5.41, 5.74) is 4.63. The molecular weight excluding hydrogens is 208 g/mol. The van der Waals surface area contributed by atoms with Crippen molar-refractivity contribution in [2.24, 2.45) is 11.7 Å². The molecule has 0 aliphatic heterocycles. The minimum absolute atomic E-state index is 0.00924. The first-order chi connectivity index (χ1) is 7.17. The molecule has 0 rings (SSSR count). The number of carbonyl (C=O) groups is 2. The molecule has 0 aromatic heterocycles. The van der Waals surface area contributed by atoms with Gasteiger partial charge in [-0.25, -0.2) is 4.79 Å². The van der Waals surface area contributed by atoms with E-state index in [1.165, 1.54) is 0 Å². The second-order valence-electron chi connectivity index (χ2n) is 4.91. The highest BCUT2D eigenvalue weighted by Crippen LogP contribution is 2.10. The Kier molecular flexibility index (Phi) is 5.27. The number of carbonyl (C=O) groups excluding carboxylic acids is 2. The maximum absolute atomic E-state index is 11.5. The molecule has 2 atom stereocenters. The molecule has 0 radical (unpaired) electrons. The number of rotatable bonds is 4. The van der Waals surface area contributed by atoms with Crippen molar-refractivity contribution in [1.82, 2.24) is 5.32 Å². The van der Waals surface area contributed by atoms with Gasteiger partial charge in [-0.2, -0.15) is 0 Å². The maximum atomic E-state index is 11.5. The Bertz CT molecular complexity index is 258. The van der Waals surface area contributed by atoms with Gasteiger partial charge in [-0.3, -0.25) is 4.79 Å². The zero-order chi connectivity index (χ0) is 12.9. The monoisotopic (exact) mass is 230 g/mol. The van der Waals surface area contributed by atoms with Gasteiger partial charge < -0.3 is 15.8 Å². The van der Waals surface area contributed by atoms with Crippen molar-refractivity contribution in [1.29, 1.82) is 0 Å². The molecule has 16 heavy (non-hydrogen) atoms. The average Bonchev–Trinajstić information content (AvgIpc) is 2.09. The number of amides is 2. The van der Waals surface area contributed by atoms with Crippen LogP contribution in [0.25, 0.3) is 0 Å². The molecule has 5 nitrogen and oxygen atoms in total. The van der Waals surface area contributed by atoms with Crippen LogP contribution in [0.5, 0.6) is 0 Å². The highest BCUT2D eigenvalue weighted by atomic mass is 16.6. The number of alkyl carbamates (subject to hydrolysis) is 1. The molecule has 0 aromatic carbocycles. The Balaban J connectivity index is 4.42. The lowest BCUT2D eigenvalue weighted by Crippen LogP contribution is -2.49. The first-order valence-corrected chi connectivity index (χ1v) is 5.46. The molecule has 0 aliphatic rings. The molecule has 0 unspecified atom stereocenters. The molecule has 94 valence electrons. The summed E-state index contributed by atoms with van der Waals surface area (Å²) in [5, 5.41) is 2.49. The fraction of sp³-hybridized carbons (Fsp3) is 0.818. The van der Waals surface area contributed by atoms with Crippen LogP contribution in [0.2, 0.25) is 0 Å². The average molecular weight is 230 g/mol. The van der Waals surface area contributed by atoms with Gasteiger partial charge in [0.25, 0.3) is 0 Å². The Labute approximate surface area is 96.7 Å². The summed E-state index contributed by atoms with van der Waals surface area (Å²) in [7, 11) is 0. The summed E-state index contributed by atoms with van der Waals surface area (Å²) in [6.45, 7) is 9.06. The molecule has 2 amide bonds. The minimum Gasteiger partial charge on any atom is -0.444 e. The summed E-state index contributed by atoms with van der Waals surface area (Å²) in [6.07, 6.45) is 0.139. The third-order valence-corrected chi connectivity index (χ3v) is 2.19. The van der Waals surface area contributed by atoms with Gasteiger partial charge in [0.2, 0.25) is 5.91 Å². The second kappa shape index (κ2) is 5.72. The summed E-state index contributed by atoms with van der Waals surface area (Å²) in [4.78, 5) is 22.6. The molecule has 3 N–H and O–H groups in total. The van der Waals surface area contributed by atoms with Crippen LogP contribution in [0.4, 0.5) is 4.79 Å². The third-order valence-electron chi connectivity index (χ3n) is 2.19. The normalized spacial score (nSPS) is 15.1. The van der Waals surface area contributed by atoms with Gasteiger partial charge in [0, 0.05) is 0 Å². The predicted molar refractivity (Wildman–Crippen MR) is 61.8 cm³/mol. The second-order valence-corrected chi connectivity index (χ2v) is 4.91. The minimum atomic E-state index is -0.681. The fourth-order valence-electron chi connectivity index (χ4n) is 1.16. The van der Waals surface area contributed by atoms with E-state index in [0.717, 1.165) is 6.42 Å². The van der Waals surface area contributed by atoms with Crippen molar-refractivity contribution in [3.63, 3.8) is 0 Å². The van der Waals surface area contributed by atoms with Crippen molar-refractivity contribution < 1.29 is 14.3 Å². The summed E-state index contributed by atoms with van der Waals surface area (Å²) < 4.78 is 5.06. The molecule has 0 saturated heterocycles. The molecule has 0 bridgehead atoms. The topological polar surface area (TPSA) is 81.4 Å². The molecule has 0 saturated carbocycles. The smallest absolute Gasteiger partial charge is 0.408 e. The number of ether oxygens (including phenoxy) is 1. The molecule has 0 spiro atoms. The molecule has 0 heterocycles. The van der Waals surface area contributed by atoms with E-state index in [-0.39, 0.29) is 5.92 Å². The molecule has 0 aromatic rings. The van der Waals surface area contributed by atoms with Gasteiger partial charge in [0.1, 0.15) is 11.6 Å².